The second-order valence-corrected chi connectivity index (χ2v) is 7.75. The van der Waals surface area contributed by atoms with E-state index in [1.165, 1.54) is 0 Å². The maximum atomic E-state index is 12.5. The molecule has 0 bridgehead atoms. The maximum absolute atomic E-state index is 12.5. The Kier molecular flexibility index (Phi) is 6.61. The van der Waals surface area contributed by atoms with Crippen molar-refractivity contribution in [3.8, 4) is 0 Å². The molecule has 2 aromatic rings. The molecule has 2 aliphatic heterocycles. The number of hydrogen-bond acceptors (Lipinski definition) is 7. The molecule has 9 heteroatoms. The number of nitrogens with zero attached hydrogens (tertiary/aromatic N) is 4. The van der Waals surface area contributed by atoms with E-state index in [1.54, 1.807) is 4.90 Å². The smallest absolute Gasteiger partial charge is 0.227 e. The normalized spacial score (nSPS) is 18.9. The number of nitrogens with one attached hydrogen (secondary N) is 2. The minimum Gasteiger partial charge on any atom is -0.378 e. The van der Waals surface area contributed by atoms with Crippen LogP contribution in [0.2, 0.25) is 0 Å². The second kappa shape index (κ2) is 9.74. The zero-order valence-corrected chi connectivity index (χ0v) is 17.7. The van der Waals surface area contributed by atoms with Gasteiger partial charge in [0, 0.05) is 56.6 Å². The first-order valence-corrected chi connectivity index (χ1v) is 10.7. The van der Waals surface area contributed by atoms with Gasteiger partial charge >= 0.3 is 0 Å². The number of hydrogen-bond donors (Lipinski definition) is 2. The van der Waals surface area contributed by atoms with Crippen molar-refractivity contribution in [3.63, 3.8) is 0 Å². The Balaban J connectivity index is 1.25. The van der Waals surface area contributed by atoms with Crippen LogP contribution in [0.3, 0.4) is 0 Å². The van der Waals surface area contributed by atoms with Gasteiger partial charge in [0.1, 0.15) is 5.82 Å². The van der Waals surface area contributed by atoms with Crippen LogP contribution in [0.4, 0.5) is 17.5 Å². The quantitative estimate of drug-likeness (QED) is 0.645. The van der Waals surface area contributed by atoms with E-state index >= 15 is 0 Å². The first kappa shape index (κ1) is 21.0. The van der Waals surface area contributed by atoms with E-state index in [-0.39, 0.29) is 24.2 Å². The average Bonchev–Trinajstić information content (AvgIpc) is 3.19. The molecule has 2 fully saturated rings. The van der Waals surface area contributed by atoms with Crippen LogP contribution in [0.25, 0.3) is 0 Å². The van der Waals surface area contributed by atoms with Gasteiger partial charge in [0.15, 0.2) is 0 Å². The number of ether oxygens (including phenoxy) is 1. The highest BCUT2D eigenvalue weighted by molar-refractivity contribution is 6.00. The Bertz CT molecular complexity index is 917. The summed E-state index contributed by atoms with van der Waals surface area (Å²) < 4.78 is 5.40. The van der Waals surface area contributed by atoms with Crippen LogP contribution in [0.5, 0.6) is 0 Å². The number of benzene rings is 1. The van der Waals surface area contributed by atoms with E-state index in [0.717, 1.165) is 30.3 Å². The summed E-state index contributed by atoms with van der Waals surface area (Å²) in [4.78, 5) is 37.7. The van der Waals surface area contributed by atoms with Crippen LogP contribution in [-0.4, -0.2) is 67.7 Å². The fourth-order valence-corrected chi connectivity index (χ4v) is 3.83. The molecule has 31 heavy (non-hydrogen) atoms. The second-order valence-electron chi connectivity index (χ2n) is 7.75. The lowest BCUT2D eigenvalue weighted by atomic mass is 10.1. The minimum atomic E-state index is -0.337. The largest absolute Gasteiger partial charge is 0.378 e. The first-order chi connectivity index (χ1) is 15.1. The Hall–Kier alpha value is -3.20. The molecule has 1 unspecified atom stereocenters. The molecule has 9 nitrogen and oxygen atoms in total. The zero-order valence-electron chi connectivity index (χ0n) is 17.7. The number of carbonyl (C=O) groups is 2. The van der Waals surface area contributed by atoms with Crippen molar-refractivity contribution in [2.75, 3.05) is 61.1 Å². The van der Waals surface area contributed by atoms with Crippen molar-refractivity contribution in [1.29, 1.82) is 0 Å². The van der Waals surface area contributed by atoms with Gasteiger partial charge in [0.2, 0.25) is 17.8 Å². The molecule has 2 amide bonds. The number of aromatic nitrogens is 2. The molecule has 0 aliphatic carbocycles. The third kappa shape index (κ3) is 5.29. The molecule has 0 saturated carbocycles. The Morgan fingerprint density at radius 3 is 2.71 bits per heavy atom. The summed E-state index contributed by atoms with van der Waals surface area (Å²) in [6.45, 7) is 6.30. The summed E-state index contributed by atoms with van der Waals surface area (Å²) >= 11 is 0. The summed E-state index contributed by atoms with van der Waals surface area (Å²) in [5, 5.41) is 6.10. The van der Waals surface area contributed by atoms with Gasteiger partial charge in [-0.25, -0.2) is 4.98 Å². The van der Waals surface area contributed by atoms with E-state index in [4.69, 9.17) is 4.74 Å². The number of carbonyl (C=O) groups excluding carboxylic acids is 2. The van der Waals surface area contributed by atoms with Gasteiger partial charge in [-0.2, -0.15) is 4.98 Å². The molecular formula is C22H28N6O3. The summed E-state index contributed by atoms with van der Waals surface area (Å²) in [5.41, 5.74) is 1.71. The Morgan fingerprint density at radius 2 is 1.94 bits per heavy atom. The third-order valence-electron chi connectivity index (χ3n) is 5.45. The number of anilines is 3. The van der Waals surface area contributed by atoms with Gasteiger partial charge in [0.05, 0.1) is 19.1 Å². The molecule has 1 aromatic heterocycles. The van der Waals surface area contributed by atoms with Crippen LogP contribution in [0.15, 0.2) is 36.4 Å². The molecule has 3 heterocycles. The van der Waals surface area contributed by atoms with E-state index in [0.29, 0.717) is 38.8 Å². The molecule has 2 saturated heterocycles. The molecule has 1 atom stereocenters. The SMILES string of the molecule is Cc1cc(N2CCOCC2)nc(NCCNC(=O)C2CC(=O)N(c3ccccc3)C2)n1. The summed E-state index contributed by atoms with van der Waals surface area (Å²) in [6.07, 6.45) is 0.234. The fourth-order valence-electron chi connectivity index (χ4n) is 3.83. The van der Waals surface area contributed by atoms with Gasteiger partial charge in [-0.15, -0.1) is 0 Å². The van der Waals surface area contributed by atoms with E-state index in [2.05, 4.69) is 25.5 Å². The number of amides is 2. The standard InChI is InChI=1S/C22H28N6O3/c1-16-13-19(27-9-11-31-12-10-27)26-22(25-16)24-8-7-23-21(30)17-14-20(29)28(15-17)18-5-3-2-4-6-18/h2-6,13,17H,7-12,14-15H2,1H3,(H,23,30)(H,24,25,26). The minimum absolute atomic E-state index is 0.0201. The van der Waals surface area contributed by atoms with Crippen LogP contribution in [0, 0.1) is 12.8 Å². The predicted octanol–water partition coefficient (Wildman–Crippen LogP) is 1.20. The summed E-state index contributed by atoms with van der Waals surface area (Å²) in [5.74, 6) is 0.965. The number of para-hydroxylation sites is 1. The number of aryl methyl sites for hydroxylation is 1. The predicted molar refractivity (Wildman–Crippen MR) is 118 cm³/mol. The number of rotatable bonds is 7. The Labute approximate surface area is 181 Å². The summed E-state index contributed by atoms with van der Waals surface area (Å²) in [6, 6.07) is 11.4. The zero-order chi connectivity index (χ0) is 21.6. The highest BCUT2D eigenvalue weighted by Gasteiger charge is 2.34. The molecule has 2 aliphatic rings. The Morgan fingerprint density at radius 1 is 1.16 bits per heavy atom. The van der Waals surface area contributed by atoms with Gasteiger partial charge in [-0.1, -0.05) is 18.2 Å². The van der Waals surface area contributed by atoms with Gasteiger partial charge in [-0.3, -0.25) is 9.59 Å². The maximum Gasteiger partial charge on any atom is 0.227 e. The molecular weight excluding hydrogens is 396 g/mol. The van der Waals surface area contributed by atoms with Crippen molar-refractivity contribution in [2.45, 2.75) is 13.3 Å². The van der Waals surface area contributed by atoms with Crippen molar-refractivity contribution in [3.05, 3.63) is 42.1 Å². The van der Waals surface area contributed by atoms with Crippen LogP contribution < -0.4 is 20.4 Å². The van der Waals surface area contributed by atoms with E-state index in [9.17, 15) is 9.59 Å². The monoisotopic (exact) mass is 424 g/mol. The molecule has 1 aromatic carbocycles. The fraction of sp³-hybridized carbons (Fsp3) is 0.455. The van der Waals surface area contributed by atoms with Crippen LogP contribution >= 0.6 is 0 Å². The highest BCUT2D eigenvalue weighted by atomic mass is 16.5. The van der Waals surface area contributed by atoms with Gasteiger partial charge in [0.25, 0.3) is 0 Å². The molecule has 0 spiro atoms. The van der Waals surface area contributed by atoms with Crippen molar-refractivity contribution >= 4 is 29.3 Å². The topological polar surface area (TPSA) is 99.7 Å². The molecule has 164 valence electrons. The lowest BCUT2D eigenvalue weighted by Gasteiger charge is -2.28. The van der Waals surface area contributed by atoms with E-state index < -0.39 is 0 Å². The first-order valence-electron chi connectivity index (χ1n) is 10.7. The summed E-state index contributed by atoms with van der Waals surface area (Å²) in [7, 11) is 0. The average molecular weight is 425 g/mol. The van der Waals surface area contributed by atoms with Crippen LogP contribution in [-0.2, 0) is 14.3 Å². The third-order valence-corrected chi connectivity index (χ3v) is 5.45. The highest BCUT2D eigenvalue weighted by Crippen LogP contribution is 2.24. The van der Waals surface area contributed by atoms with Crippen LogP contribution in [0.1, 0.15) is 12.1 Å². The van der Waals surface area contributed by atoms with Gasteiger partial charge < -0.3 is 25.2 Å². The molecule has 2 N–H and O–H groups in total. The number of morpholine rings is 1. The lowest BCUT2D eigenvalue weighted by Crippen LogP contribution is -2.37. The van der Waals surface area contributed by atoms with Crippen molar-refractivity contribution in [1.82, 2.24) is 15.3 Å². The van der Waals surface area contributed by atoms with Crippen molar-refractivity contribution < 1.29 is 14.3 Å². The lowest BCUT2D eigenvalue weighted by molar-refractivity contribution is -0.126. The molecule has 0 radical (unpaired) electrons. The van der Waals surface area contributed by atoms with E-state index in [1.807, 2.05) is 43.3 Å². The molecule has 4 rings (SSSR count). The van der Waals surface area contributed by atoms with Gasteiger partial charge in [-0.05, 0) is 19.1 Å². The van der Waals surface area contributed by atoms with Crippen molar-refractivity contribution in [2.24, 2.45) is 5.92 Å².